The van der Waals surface area contributed by atoms with Gasteiger partial charge in [0.25, 0.3) is 11.6 Å². The SMILES string of the molecule is CC[C@H](C)NC(=O)[C@@H]1CSCN1C(=O)c1cnc2onc(C)c2c1. The first-order valence-corrected chi connectivity index (χ1v) is 9.07. The summed E-state index contributed by atoms with van der Waals surface area (Å²) >= 11 is 1.58. The standard InChI is InChI=1S/C16H20N4O3S/c1-4-9(2)18-14(21)13-7-24-8-20(13)16(22)11-5-12-10(3)19-23-15(12)17-6-11/h5-6,9,13H,4,7-8H2,1-3H3,(H,18,21)/t9-,13-/m0/s1. The lowest BCUT2D eigenvalue weighted by Gasteiger charge is -2.24. The molecule has 2 aromatic heterocycles. The summed E-state index contributed by atoms with van der Waals surface area (Å²) in [4.78, 5) is 31.0. The molecule has 128 valence electrons. The zero-order chi connectivity index (χ0) is 17.3. The number of carbonyl (C=O) groups is 2. The second kappa shape index (κ2) is 6.80. The summed E-state index contributed by atoms with van der Waals surface area (Å²) in [6.45, 7) is 5.77. The van der Waals surface area contributed by atoms with Crippen LogP contribution in [-0.4, -0.2) is 50.6 Å². The maximum absolute atomic E-state index is 12.8. The largest absolute Gasteiger partial charge is 0.352 e. The number of aromatic nitrogens is 2. The lowest BCUT2D eigenvalue weighted by atomic mass is 10.1. The molecule has 0 saturated carbocycles. The Morgan fingerprint density at radius 3 is 3.08 bits per heavy atom. The number of hydrogen-bond acceptors (Lipinski definition) is 6. The van der Waals surface area contributed by atoms with Crippen molar-refractivity contribution in [2.24, 2.45) is 0 Å². The van der Waals surface area contributed by atoms with Gasteiger partial charge < -0.3 is 14.7 Å². The number of carbonyl (C=O) groups excluding carboxylic acids is 2. The van der Waals surface area contributed by atoms with E-state index in [2.05, 4.69) is 15.5 Å². The van der Waals surface area contributed by atoms with Crippen molar-refractivity contribution < 1.29 is 14.1 Å². The fraction of sp³-hybridized carbons (Fsp3) is 0.500. The van der Waals surface area contributed by atoms with Crippen LogP contribution in [0.25, 0.3) is 11.1 Å². The van der Waals surface area contributed by atoms with Gasteiger partial charge in [-0.15, -0.1) is 11.8 Å². The molecule has 0 aromatic carbocycles. The smallest absolute Gasteiger partial charge is 0.257 e. The number of fused-ring (bicyclic) bond motifs is 1. The predicted molar refractivity (Wildman–Crippen MR) is 91.7 cm³/mol. The molecule has 1 N–H and O–H groups in total. The molecule has 0 radical (unpaired) electrons. The van der Waals surface area contributed by atoms with Gasteiger partial charge in [0, 0.05) is 18.0 Å². The number of nitrogens with one attached hydrogen (secondary N) is 1. The van der Waals surface area contributed by atoms with Gasteiger partial charge in [-0.3, -0.25) is 9.59 Å². The van der Waals surface area contributed by atoms with E-state index in [1.807, 2.05) is 13.8 Å². The molecule has 3 rings (SSSR count). The quantitative estimate of drug-likeness (QED) is 0.909. The van der Waals surface area contributed by atoms with Crippen molar-refractivity contribution in [2.75, 3.05) is 11.6 Å². The van der Waals surface area contributed by atoms with Gasteiger partial charge in [-0.25, -0.2) is 4.98 Å². The summed E-state index contributed by atoms with van der Waals surface area (Å²) in [5.74, 6) is 0.811. The van der Waals surface area contributed by atoms with Crippen molar-refractivity contribution in [1.29, 1.82) is 0 Å². The van der Waals surface area contributed by atoms with Crippen LogP contribution >= 0.6 is 11.8 Å². The Kier molecular flexibility index (Phi) is 4.75. The Bertz CT molecular complexity index is 776. The van der Waals surface area contributed by atoms with Gasteiger partial charge in [0.2, 0.25) is 5.91 Å². The summed E-state index contributed by atoms with van der Waals surface area (Å²) in [5, 5.41) is 7.52. The third kappa shape index (κ3) is 3.10. The van der Waals surface area contributed by atoms with Crippen LogP contribution < -0.4 is 5.32 Å². The van der Waals surface area contributed by atoms with Crippen molar-refractivity contribution in [3.05, 3.63) is 23.5 Å². The van der Waals surface area contributed by atoms with Gasteiger partial charge in [-0.1, -0.05) is 12.1 Å². The molecule has 1 aliphatic rings. The molecule has 0 spiro atoms. The molecular formula is C16H20N4O3S. The minimum atomic E-state index is -0.448. The summed E-state index contributed by atoms with van der Waals surface area (Å²) in [6.07, 6.45) is 2.33. The first kappa shape index (κ1) is 16.8. The van der Waals surface area contributed by atoms with Crippen LogP contribution in [-0.2, 0) is 4.79 Å². The highest BCUT2D eigenvalue weighted by molar-refractivity contribution is 7.99. The fourth-order valence-electron chi connectivity index (χ4n) is 2.53. The van der Waals surface area contributed by atoms with E-state index >= 15 is 0 Å². The van der Waals surface area contributed by atoms with Gasteiger partial charge in [-0.2, -0.15) is 0 Å². The summed E-state index contributed by atoms with van der Waals surface area (Å²) in [5.41, 5.74) is 1.54. The highest BCUT2D eigenvalue weighted by Crippen LogP contribution is 2.25. The van der Waals surface area contributed by atoms with Gasteiger partial charge in [0.15, 0.2) is 0 Å². The van der Waals surface area contributed by atoms with Crippen LogP contribution in [0.4, 0.5) is 0 Å². The summed E-state index contributed by atoms with van der Waals surface area (Å²) < 4.78 is 5.07. The van der Waals surface area contributed by atoms with Crippen molar-refractivity contribution in [3.63, 3.8) is 0 Å². The van der Waals surface area contributed by atoms with Crippen LogP contribution in [0.2, 0.25) is 0 Å². The molecule has 7 nitrogen and oxygen atoms in total. The van der Waals surface area contributed by atoms with Crippen molar-refractivity contribution in [1.82, 2.24) is 20.4 Å². The van der Waals surface area contributed by atoms with E-state index in [1.54, 1.807) is 29.7 Å². The maximum Gasteiger partial charge on any atom is 0.257 e. The lowest BCUT2D eigenvalue weighted by Crippen LogP contribution is -2.49. The van der Waals surface area contributed by atoms with Crippen LogP contribution in [0.15, 0.2) is 16.8 Å². The Labute approximate surface area is 144 Å². The molecule has 1 aliphatic heterocycles. The van der Waals surface area contributed by atoms with Crippen molar-refractivity contribution in [2.45, 2.75) is 39.3 Å². The average Bonchev–Trinajstić information content (AvgIpc) is 3.21. The molecule has 2 aromatic rings. The summed E-state index contributed by atoms with van der Waals surface area (Å²) in [7, 11) is 0. The minimum absolute atomic E-state index is 0.0951. The minimum Gasteiger partial charge on any atom is -0.352 e. The predicted octanol–water partition coefficient (Wildman–Crippen LogP) is 1.96. The molecular weight excluding hydrogens is 328 g/mol. The van der Waals surface area contributed by atoms with E-state index < -0.39 is 6.04 Å². The molecule has 0 unspecified atom stereocenters. The molecule has 2 amide bonds. The van der Waals surface area contributed by atoms with Gasteiger partial charge in [0.05, 0.1) is 22.5 Å². The van der Waals surface area contributed by atoms with Crippen LogP contribution in [0, 0.1) is 6.92 Å². The number of pyridine rings is 1. The normalized spacial score (nSPS) is 18.8. The zero-order valence-electron chi connectivity index (χ0n) is 13.9. The zero-order valence-corrected chi connectivity index (χ0v) is 14.7. The van der Waals surface area contributed by atoms with Crippen LogP contribution in [0.1, 0.15) is 36.3 Å². The van der Waals surface area contributed by atoms with Crippen molar-refractivity contribution >= 4 is 34.7 Å². The molecule has 1 saturated heterocycles. The molecule has 2 atom stereocenters. The monoisotopic (exact) mass is 348 g/mol. The summed E-state index contributed by atoms with van der Waals surface area (Å²) in [6, 6.07) is 1.37. The molecule has 8 heteroatoms. The Balaban J connectivity index is 1.81. The second-order valence-corrected chi connectivity index (χ2v) is 6.95. The van der Waals surface area contributed by atoms with Crippen LogP contribution in [0.5, 0.6) is 0 Å². The first-order valence-electron chi connectivity index (χ1n) is 7.92. The van der Waals surface area contributed by atoms with E-state index in [1.165, 1.54) is 6.20 Å². The number of amides is 2. The average molecular weight is 348 g/mol. The maximum atomic E-state index is 12.8. The van der Waals surface area contributed by atoms with E-state index in [0.29, 0.717) is 34.0 Å². The van der Waals surface area contributed by atoms with Gasteiger partial charge in [0.1, 0.15) is 6.04 Å². The number of nitrogens with zero attached hydrogens (tertiary/aromatic N) is 3. The number of rotatable bonds is 4. The lowest BCUT2D eigenvalue weighted by molar-refractivity contribution is -0.125. The molecule has 24 heavy (non-hydrogen) atoms. The third-order valence-corrected chi connectivity index (χ3v) is 5.22. The first-order chi connectivity index (χ1) is 11.5. The fourth-order valence-corrected chi connectivity index (χ4v) is 3.68. The van der Waals surface area contributed by atoms with Crippen molar-refractivity contribution in [3.8, 4) is 0 Å². The van der Waals surface area contributed by atoms with E-state index in [4.69, 9.17) is 4.52 Å². The number of aryl methyl sites for hydroxylation is 1. The van der Waals surface area contributed by atoms with Crippen LogP contribution in [0.3, 0.4) is 0 Å². The van der Waals surface area contributed by atoms with Gasteiger partial charge in [-0.05, 0) is 26.3 Å². The third-order valence-electron chi connectivity index (χ3n) is 4.20. The van der Waals surface area contributed by atoms with E-state index in [0.717, 1.165) is 6.42 Å². The number of thioether (sulfide) groups is 1. The number of hydrogen-bond donors (Lipinski definition) is 1. The van der Waals surface area contributed by atoms with Gasteiger partial charge >= 0.3 is 0 Å². The highest BCUT2D eigenvalue weighted by Gasteiger charge is 2.35. The molecule has 3 heterocycles. The Hall–Kier alpha value is -2.09. The second-order valence-electron chi connectivity index (χ2n) is 5.95. The van der Waals surface area contributed by atoms with E-state index in [-0.39, 0.29) is 17.9 Å². The highest BCUT2D eigenvalue weighted by atomic mass is 32.2. The molecule has 0 aliphatic carbocycles. The Morgan fingerprint density at radius 2 is 2.33 bits per heavy atom. The topological polar surface area (TPSA) is 88.3 Å². The van der Waals surface area contributed by atoms with E-state index in [9.17, 15) is 9.59 Å². The molecule has 0 bridgehead atoms. The Morgan fingerprint density at radius 1 is 1.54 bits per heavy atom. The molecule has 1 fully saturated rings.